The summed E-state index contributed by atoms with van der Waals surface area (Å²) in [6, 6.07) is 1.38. The van der Waals surface area contributed by atoms with Crippen LogP contribution >= 0.6 is 0 Å². The second kappa shape index (κ2) is 2.43. The molecule has 4 nitrogen and oxygen atoms in total. The van der Waals surface area contributed by atoms with Crippen LogP contribution in [0.25, 0.3) is 0 Å². The number of aromatic amines is 1. The van der Waals surface area contributed by atoms with E-state index in [2.05, 4.69) is 9.72 Å². The Balaban J connectivity index is 2.93. The van der Waals surface area contributed by atoms with Gasteiger partial charge in [0.2, 0.25) is 0 Å². The molecule has 0 aromatic carbocycles. The van der Waals surface area contributed by atoms with Crippen LogP contribution in [0.4, 0.5) is 0 Å². The highest BCUT2D eigenvalue weighted by Crippen LogP contribution is 2.14. The molecule has 1 aromatic rings. The van der Waals surface area contributed by atoms with Gasteiger partial charge in [0.05, 0.1) is 7.11 Å². The Morgan fingerprint density at radius 1 is 1.70 bits per heavy atom. The summed E-state index contributed by atoms with van der Waals surface area (Å²) in [5.41, 5.74) is 0.0440. The van der Waals surface area contributed by atoms with Gasteiger partial charge >= 0.3 is 5.97 Å². The maximum atomic E-state index is 10.7. The maximum absolute atomic E-state index is 10.7. The van der Waals surface area contributed by atoms with Crippen molar-refractivity contribution in [1.82, 2.24) is 4.98 Å². The number of rotatable bonds is 1. The smallest absolute Gasteiger partial charge is 0.343 e. The van der Waals surface area contributed by atoms with E-state index in [1.54, 1.807) is 0 Å². The summed E-state index contributed by atoms with van der Waals surface area (Å²) in [5, 5.41) is 10.7. The van der Waals surface area contributed by atoms with E-state index >= 15 is 0 Å². The van der Waals surface area contributed by atoms with Crippen LogP contribution in [0, 0.1) is 0 Å². The Morgan fingerprint density at radius 3 is 2.80 bits per heavy atom. The average molecular weight is 140 g/mol. The number of methoxy groups -OCH3 is 1. The molecule has 0 aliphatic heterocycles. The highest BCUT2D eigenvalue weighted by Gasteiger charge is 2.12. The molecular weight excluding hydrogens is 134 g/mol. The van der Waals surface area contributed by atoms with Crippen LogP contribution in [0.5, 0.6) is 5.88 Å². The predicted octanol–water partition coefficient (Wildman–Crippen LogP) is 0.945. The number of aromatic nitrogens is 1. The van der Waals surface area contributed by atoms with Gasteiger partial charge in [-0.05, 0) is 6.07 Å². The summed E-state index contributed by atoms with van der Waals surface area (Å²) in [6.45, 7) is 0. The van der Waals surface area contributed by atoms with Crippen molar-refractivity contribution in [2.24, 2.45) is 0 Å². The van der Waals surface area contributed by atoms with Crippen LogP contribution in [0.3, 0.4) is 0 Å². The number of carbonyl (C=O) groups excluding carboxylic acids is 1. The van der Waals surface area contributed by atoms with Gasteiger partial charge < -0.3 is 9.72 Å². The molecule has 1 radical (unpaired) electrons. The third kappa shape index (κ3) is 0.953. The molecule has 0 atom stereocenters. The first kappa shape index (κ1) is 6.67. The number of esters is 1. The largest absolute Gasteiger partial charge is 0.465 e. The molecule has 0 aliphatic rings. The third-order valence-electron chi connectivity index (χ3n) is 1.11. The van der Waals surface area contributed by atoms with Crippen LogP contribution in [0.15, 0.2) is 12.3 Å². The minimum absolute atomic E-state index is 0.0440. The lowest BCUT2D eigenvalue weighted by atomic mass is 10.3. The molecule has 0 spiro atoms. The van der Waals surface area contributed by atoms with Gasteiger partial charge in [0.25, 0.3) is 5.88 Å². The van der Waals surface area contributed by atoms with Crippen LogP contribution in [0.1, 0.15) is 10.4 Å². The monoisotopic (exact) mass is 140 g/mol. The number of ether oxygens (including phenoxy) is 1. The van der Waals surface area contributed by atoms with Gasteiger partial charge in [-0.3, -0.25) is 5.11 Å². The SMILES string of the molecule is COC(=O)c1cc[nH]c1[O]. The van der Waals surface area contributed by atoms with Crippen LogP contribution < -0.4 is 0 Å². The minimum atomic E-state index is -0.605. The fraction of sp³-hybridized carbons (Fsp3) is 0.167. The molecule has 1 N–H and O–H groups in total. The van der Waals surface area contributed by atoms with Crippen molar-refractivity contribution in [2.75, 3.05) is 7.11 Å². The van der Waals surface area contributed by atoms with Crippen molar-refractivity contribution in [3.8, 4) is 5.88 Å². The summed E-state index contributed by atoms with van der Waals surface area (Å²) < 4.78 is 4.32. The molecule has 0 saturated heterocycles. The molecule has 53 valence electrons. The summed E-state index contributed by atoms with van der Waals surface area (Å²) in [7, 11) is 1.23. The fourth-order valence-corrected chi connectivity index (χ4v) is 0.625. The Bertz CT molecular complexity index is 241. The first-order valence-corrected chi connectivity index (χ1v) is 2.68. The lowest BCUT2D eigenvalue weighted by Crippen LogP contribution is -1.98. The number of nitrogens with one attached hydrogen (secondary N) is 1. The molecule has 1 heterocycles. The predicted molar refractivity (Wildman–Crippen MR) is 32.3 cm³/mol. The highest BCUT2D eigenvalue weighted by atomic mass is 16.5. The number of hydrogen-bond acceptors (Lipinski definition) is 2. The van der Waals surface area contributed by atoms with E-state index < -0.39 is 11.8 Å². The lowest BCUT2D eigenvalue weighted by Gasteiger charge is -1.91. The zero-order valence-electron chi connectivity index (χ0n) is 5.38. The minimum Gasteiger partial charge on any atom is -0.465 e. The normalized spacial score (nSPS) is 9.30. The Morgan fingerprint density at radius 2 is 2.40 bits per heavy atom. The molecular formula is C6H6NO3. The Hall–Kier alpha value is -1.45. The van der Waals surface area contributed by atoms with Gasteiger partial charge in [0, 0.05) is 6.20 Å². The summed E-state index contributed by atoms with van der Waals surface area (Å²) >= 11 is 0. The van der Waals surface area contributed by atoms with E-state index in [1.807, 2.05) is 0 Å². The highest BCUT2D eigenvalue weighted by molar-refractivity contribution is 5.91. The van der Waals surface area contributed by atoms with Gasteiger partial charge in [-0.1, -0.05) is 0 Å². The van der Waals surface area contributed by atoms with Crippen LogP contribution in [-0.2, 0) is 9.84 Å². The van der Waals surface area contributed by atoms with Gasteiger partial charge in [0.15, 0.2) is 0 Å². The molecule has 4 heteroatoms. The molecule has 0 aliphatic carbocycles. The number of hydrogen-bond donors (Lipinski definition) is 1. The zero-order valence-corrected chi connectivity index (χ0v) is 5.38. The van der Waals surface area contributed by atoms with Crippen molar-refractivity contribution in [2.45, 2.75) is 0 Å². The van der Waals surface area contributed by atoms with Gasteiger partial charge in [-0.15, -0.1) is 0 Å². The summed E-state index contributed by atoms with van der Waals surface area (Å²) in [4.78, 5) is 13.0. The first-order valence-electron chi connectivity index (χ1n) is 2.68. The van der Waals surface area contributed by atoms with E-state index in [0.717, 1.165) is 0 Å². The van der Waals surface area contributed by atoms with Crippen LogP contribution in [0.2, 0.25) is 0 Å². The molecule has 0 saturated carbocycles. The molecule has 0 amide bonds. The lowest BCUT2D eigenvalue weighted by molar-refractivity contribution is 0.0595. The molecule has 10 heavy (non-hydrogen) atoms. The first-order chi connectivity index (χ1) is 4.75. The number of H-pyrrole nitrogens is 1. The molecule has 0 fully saturated rings. The van der Waals surface area contributed by atoms with E-state index in [1.165, 1.54) is 19.4 Å². The topological polar surface area (TPSA) is 62.0 Å². The quantitative estimate of drug-likeness (QED) is 0.590. The molecule has 1 aromatic heterocycles. The van der Waals surface area contributed by atoms with E-state index in [-0.39, 0.29) is 5.56 Å². The summed E-state index contributed by atoms with van der Waals surface area (Å²) in [6.07, 6.45) is 1.40. The zero-order chi connectivity index (χ0) is 7.56. The Kier molecular flexibility index (Phi) is 1.62. The molecule has 0 bridgehead atoms. The average Bonchev–Trinajstić information content (AvgIpc) is 2.34. The van der Waals surface area contributed by atoms with E-state index in [4.69, 9.17) is 0 Å². The van der Waals surface area contributed by atoms with Crippen LogP contribution in [-0.4, -0.2) is 18.1 Å². The van der Waals surface area contributed by atoms with E-state index in [0.29, 0.717) is 0 Å². The van der Waals surface area contributed by atoms with Gasteiger partial charge in [-0.25, -0.2) is 4.79 Å². The van der Waals surface area contributed by atoms with Gasteiger partial charge in [-0.2, -0.15) is 0 Å². The maximum Gasteiger partial charge on any atom is 0.343 e. The van der Waals surface area contributed by atoms with Crippen molar-refractivity contribution in [3.05, 3.63) is 17.8 Å². The molecule has 1 rings (SSSR count). The molecule has 0 unspecified atom stereocenters. The van der Waals surface area contributed by atoms with Crippen molar-refractivity contribution in [1.29, 1.82) is 0 Å². The van der Waals surface area contributed by atoms with Crippen molar-refractivity contribution >= 4 is 5.97 Å². The standard InChI is InChI=1S/C6H6NO3/c1-10-6(9)4-2-3-7-5(4)8/h2-3,7H,1H3. The number of carbonyl (C=O) groups is 1. The summed E-state index contributed by atoms with van der Waals surface area (Å²) in [5.74, 6) is -1.02. The third-order valence-corrected chi connectivity index (χ3v) is 1.11. The van der Waals surface area contributed by atoms with Gasteiger partial charge in [0.1, 0.15) is 5.56 Å². The fourth-order valence-electron chi connectivity index (χ4n) is 0.625. The Labute approximate surface area is 57.4 Å². The van der Waals surface area contributed by atoms with E-state index in [9.17, 15) is 9.90 Å². The van der Waals surface area contributed by atoms with Crippen molar-refractivity contribution in [3.63, 3.8) is 0 Å². The second-order valence-corrected chi connectivity index (χ2v) is 1.71. The van der Waals surface area contributed by atoms with Crippen molar-refractivity contribution < 1.29 is 14.6 Å². The second-order valence-electron chi connectivity index (χ2n) is 1.71.